The van der Waals surface area contributed by atoms with Crippen molar-refractivity contribution >= 4 is 19.8 Å². The van der Waals surface area contributed by atoms with Crippen LogP contribution in [0.4, 0.5) is 0 Å². The van der Waals surface area contributed by atoms with Crippen LogP contribution in [0.2, 0.25) is 0 Å². The average molecular weight is 739 g/mol. The van der Waals surface area contributed by atoms with Crippen LogP contribution < -0.4 is 0 Å². The molecule has 0 heterocycles. The molecule has 0 amide bonds. The van der Waals surface area contributed by atoms with Crippen LogP contribution in [0.25, 0.3) is 0 Å². The van der Waals surface area contributed by atoms with Gasteiger partial charge in [-0.3, -0.25) is 18.6 Å². The number of carbonyl (C=O) groups is 2. The van der Waals surface area contributed by atoms with Crippen LogP contribution in [-0.4, -0.2) is 98.3 Å². The molecule has 0 saturated heterocycles. The normalized spacial score (nSPS) is 24.2. The van der Waals surface area contributed by atoms with Crippen molar-refractivity contribution in [3.63, 3.8) is 0 Å². The fourth-order valence-corrected chi connectivity index (χ4v) is 6.66. The van der Waals surface area contributed by atoms with Crippen molar-refractivity contribution in [2.75, 3.05) is 13.2 Å². The molecule has 1 rings (SSSR count). The maximum absolute atomic E-state index is 12.7. The smallest absolute Gasteiger partial charge is 0.462 e. The van der Waals surface area contributed by atoms with E-state index in [1.54, 1.807) is 0 Å². The van der Waals surface area contributed by atoms with Crippen molar-refractivity contribution < 1.29 is 63.1 Å². The van der Waals surface area contributed by atoms with Gasteiger partial charge in [0, 0.05) is 12.8 Å². The lowest BCUT2D eigenvalue weighted by atomic mass is 9.85. The fraction of sp³-hybridized carbons (Fsp3) is 0.889. The van der Waals surface area contributed by atoms with E-state index in [4.69, 9.17) is 18.5 Å². The Morgan fingerprint density at radius 3 is 1.56 bits per heavy atom. The Morgan fingerprint density at radius 2 is 1.02 bits per heavy atom. The Kier molecular flexibility index (Phi) is 26.2. The second-order valence-electron chi connectivity index (χ2n) is 13.4. The van der Waals surface area contributed by atoms with Gasteiger partial charge in [0.25, 0.3) is 0 Å². The minimum Gasteiger partial charge on any atom is -0.462 e. The van der Waals surface area contributed by atoms with Gasteiger partial charge in [-0.15, -0.1) is 0 Å². The van der Waals surface area contributed by atoms with Crippen molar-refractivity contribution in [2.45, 2.75) is 191 Å². The molecular formula is C36H67O13P. The molecular weight excluding hydrogens is 671 g/mol. The van der Waals surface area contributed by atoms with Crippen molar-refractivity contribution in [1.29, 1.82) is 0 Å². The Hall–Kier alpha value is -1.41. The van der Waals surface area contributed by atoms with Gasteiger partial charge in [0.2, 0.25) is 0 Å². The first kappa shape index (κ1) is 46.6. The molecule has 1 aliphatic carbocycles. The summed E-state index contributed by atoms with van der Waals surface area (Å²) in [5.74, 6) is -1.11. The van der Waals surface area contributed by atoms with Gasteiger partial charge in [0.05, 0.1) is 6.61 Å². The number of esters is 2. The molecule has 0 aromatic rings. The third-order valence-corrected chi connectivity index (χ3v) is 9.84. The topological polar surface area (TPSA) is 210 Å². The summed E-state index contributed by atoms with van der Waals surface area (Å²) in [5, 5.41) is 49.8. The molecule has 13 nitrogen and oxygen atoms in total. The van der Waals surface area contributed by atoms with Crippen molar-refractivity contribution in [3.05, 3.63) is 12.2 Å². The van der Waals surface area contributed by atoms with E-state index < -0.39 is 75.7 Å². The zero-order valence-electron chi connectivity index (χ0n) is 30.4. The first-order valence-corrected chi connectivity index (χ1v) is 20.5. The van der Waals surface area contributed by atoms with Gasteiger partial charge < -0.3 is 39.9 Å². The second-order valence-corrected chi connectivity index (χ2v) is 14.8. The molecule has 50 heavy (non-hydrogen) atoms. The van der Waals surface area contributed by atoms with E-state index in [1.807, 2.05) is 0 Å². The molecule has 8 atom stereocenters. The number of carbonyl (C=O) groups excluding carboxylic acids is 2. The van der Waals surface area contributed by atoms with Crippen molar-refractivity contribution in [2.24, 2.45) is 0 Å². The lowest BCUT2D eigenvalue weighted by molar-refractivity contribution is -0.220. The van der Waals surface area contributed by atoms with E-state index in [-0.39, 0.29) is 12.8 Å². The summed E-state index contributed by atoms with van der Waals surface area (Å²) in [4.78, 5) is 35.3. The summed E-state index contributed by atoms with van der Waals surface area (Å²) in [6, 6.07) is 0. The number of phosphoric ester groups is 1. The molecule has 0 aliphatic heterocycles. The van der Waals surface area contributed by atoms with Crippen LogP contribution in [0.1, 0.15) is 149 Å². The van der Waals surface area contributed by atoms with Gasteiger partial charge in [-0.1, -0.05) is 109 Å². The summed E-state index contributed by atoms with van der Waals surface area (Å²) >= 11 is 0. The van der Waals surface area contributed by atoms with Crippen LogP contribution in [-0.2, 0) is 32.7 Å². The molecule has 14 heteroatoms. The number of unbranched alkanes of at least 4 members (excludes halogenated alkanes) is 16. The molecule has 0 spiro atoms. The second kappa shape index (κ2) is 28.1. The number of phosphoric acid groups is 1. The quantitative estimate of drug-likeness (QED) is 0.0231. The molecule has 6 unspecified atom stereocenters. The minimum atomic E-state index is -5.10. The lowest BCUT2D eigenvalue weighted by Gasteiger charge is -2.41. The van der Waals surface area contributed by atoms with E-state index >= 15 is 0 Å². The lowest BCUT2D eigenvalue weighted by Crippen LogP contribution is -2.64. The van der Waals surface area contributed by atoms with Crippen LogP contribution in [0, 0.1) is 0 Å². The number of hydrogen-bond donors (Lipinski definition) is 6. The van der Waals surface area contributed by atoms with E-state index in [0.29, 0.717) is 12.8 Å². The third-order valence-electron chi connectivity index (χ3n) is 8.86. The number of aliphatic hydroxyl groups is 5. The van der Waals surface area contributed by atoms with Crippen molar-refractivity contribution in [1.82, 2.24) is 0 Å². The summed E-state index contributed by atoms with van der Waals surface area (Å²) in [6.45, 7) is 3.20. The Labute approximate surface area is 299 Å². The highest BCUT2D eigenvalue weighted by Gasteiger charge is 2.51. The minimum absolute atomic E-state index is 0.0894. The Balaban J connectivity index is 2.57. The van der Waals surface area contributed by atoms with Gasteiger partial charge in [-0.25, -0.2) is 4.57 Å². The molecule has 1 fully saturated rings. The Morgan fingerprint density at radius 1 is 0.600 bits per heavy atom. The highest BCUT2D eigenvalue weighted by Crippen LogP contribution is 2.47. The van der Waals surface area contributed by atoms with Gasteiger partial charge in [-0.05, 0) is 38.5 Å². The Bertz CT molecular complexity index is 948. The van der Waals surface area contributed by atoms with Crippen LogP contribution in [0.3, 0.4) is 0 Å². The van der Waals surface area contributed by atoms with E-state index in [2.05, 4.69) is 26.0 Å². The summed E-state index contributed by atoms with van der Waals surface area (Å²) in [7, 11) is -5.10. The maximum Gasteiger partial charge on any atom is 0.472 e. The van der Waals surface area contributed by atoms with Gasteiger partial charge in [-0.2, -0.15) is 0 Å². The largest absolute Gasteiger partial charge is 0.472 e. The monoisotopic (exact) mass is 738 g/mol. The summed E-state index contributed by atoms with van der Waals surface area (Å²) in [6.07, 6.45) is 11.6. The number of rotatable bonds is 30. The van der Waals surface area contributed by atoms with Gasteiger partial charge in [0.15, 0.2) is 6.10 Å². The van der Waals surface area contributed by atoms with E-state index in [9.17, 15) is 44.6 Å². The first-order chi connectivity index (χ1) is 23.9. The molecule has 0 bridgehead atoms. The molecule has 6 N–H and O–H groups in total. The number of allylic oxidation sites excluding steroid dienone is 2. The van der Waals surface area contributed by atoms with Crippen molar-refractivity contribution in [3.8, 4) is 0 Å². The highest BCUT2D eigenvalue weighted by atomic mass is 31.2. The molecule has 0 aromatic heterocycles. The zero-order valence-corrected chi connectivity index (χ0v) is 31.3. The van der Waals surface area contributed by atoms with Crippen LogP contribution in [0.5, 0.6) is 0 Å². The predicted octanol–water partition coefficient (Wildman–Crippen LogP) is 5.55. The fourth-order valence-electron chi connectivity index (χ4n) is 5.69. The number of hydrogen-bond acceptors (Lipinski definition) is 12. The predicted molar refractivity (Wildman–Crippen MR) is 189 cm³/mol. The summed E-state index contributed by atoms with van der Waals surface area (Å²) in [5.41, 5.74) is 0. The SMILES string of the molecule is CCCCC/C=C/CCCCCCCC(=O)O[C@H](COC(=O)CCCCCCCCCCC)COP(=O)(O)OC1C(O)C(O)C(O)[C@@H](O)C1O. The highest BCUT2D eigenvalue weighted by molar-refractivity contribution is 7.47. The maximum atomic E-state index is 12.7. The number of ether oxygens (including phenoxy) is 2. The molecule has 0 radical (unpaired) electrons. The van der Waals surface area contributed by atoms with E-state index in [1.165, 1.54) is 51.4 Å². The van der Waals surface area contributed by atoms with E-state index in [0.717, 1.165) is 57.8 Å². The van der Waals surface area contributed by atoms with Gasteiger partial charge in [0.1, 0.15) is 43.2 Å². The molecule has 294 valence electrons. The van der Waals surface area contributed by atoms with Crippen LogP contribution in [0.15, 0.2) is 12.2 Å². The number of aliphatic hydroxyl groups excluding tert-OH is 5. The first-order valence-electron chi connectivity index (χ1n) is 19.0. The average Bonchev–Trinajstić information content (AvgIpc) is 3.09. The standard InChI is InChI=1S/C36H67O13P/c1-3-5-7-9-11-13-14-15-17-19-21-23-25-30(38)48-28(26-46-29(37)24-22-20-18-16-12-10-8-6-4-2)27-47-50(44,45)49-36-34(42)32(40)31(39)33(41)35(36)43/h11,13,28,31-36,39-43H,3-10,12,14-27H2,1-2H3,(H,44,45)/b13-11+/t28-,31?,32-,33?,34?,35?,36?/m1/s1. The molecule has 1 saturated carbocycles. The molecule has 1 aliphatic rings. The van der Waals surface area contributed by atoms with Crippen LogP contribution >= 0.6 is 7.82 Å². The van der Waals surface area contributed by atoms with Gasteiger partial charge >= 0.3 is 19.8 Å². The molecule has 0 aromatic carbocycles. The zero-order chi connectivity index (χ0) is 37.2. The summed E-state index contributed by atoms with van der Waals surface area (Å²) < 4.78 is 33.2. The third kappa shape index (κ3) is 21.2.